The summed E-state index contributed by atoms with van der Waals surface area (Å²) in [5, 5.41) is 0. The molecule has 0 bridgehead atoms. The number of esters is 1. The predicted molar refractivity (Wildman–Crippen MR) is 184 cm³/mol. The fraction of sp³-hybridized carbons (Fsp3) is 0.692. The quantitative estimate of drug-likeness (QED) is 0.0464. The number of hydrogen-bond donors (Lipinski definition) is 0. The van der Waals surface area contributed by atoms with E-state index in [-0.39, 0.29) is 5.97 Å². The molecule has 0 aliphatic carbocycles. The summed E-state index contributed by atoms with van der Waals surface area (Å²) < 4.78 is 5.30. The fourth-order valence-corrected chi connectivity index (χ4v) is 4.73. The first-order valence-corrected chi connectivity index (χ1v) is 17.6. The van der Waals surface area contributed by atoms with Crippen molar-refractivity contribution in [2.75, 3.05) is 6.61 Å². The van der Waals surface area contributed by atoms with Gasteiger partial charge in [-0.2, -0.15) is 0 Å². The maximum Gasteiger partial charge on any atom is 0.305 e. The second kappa shape index (κ2) is 35.0. The summed E-state index contributed by atoms with van der Waals surface area (Å²) in [7, 11) is 0. The molecule has 0 aromatic rings. The van der Waals surface area contributed by atoms with Crippen molar-refractivity contribution < 1.29 is 14.3 Å². The summed E-state index contributed by atoms with van der Waals surface area (Å²) in [5.74, 6) is 0.166. The van der Waals surface area contributed by atoms with E-state index in [0.717, 1.165) is 57.8 Å². The molecule has 0 N–H and O–H groups in total. The van der Waals surface area contributed by atoms with Crippen molar-refractivity contribution in [3.63, 3.8) is 0 Å². The van der Waals surface area contributed by atoms with Crippen LogP contribution in [0, 0.1) is 0 Å². The third-order valence-electron chi connectivity index (χ3n) is 7.33. The molecule has 3 heteroatoms. The van der Waals surface area contributed by atoms with Crippen LogP contribution in [0.2, 0.25) is 0 Å². The number of Topliss-reactive ketones (excluding diaryl/α,β-unsaturated/α-hetero) is 1. The summed E-state index contributed by atoms with van der Waals surface area (Å²) in [6.45, 7) is 4.79. The molecule has 3 nitrogen and oxygen atoms in total. The third kappa shape index (κ3) is 34.0. The maximum atomic E-state index is 12.1. The predicted octanol–water partition coefficient (Wildman–Crippen LogP) is 12.3. The van der Waals surface area contributed by atoms with Gasteiger partial charge < -0.3 is 4.74 Å². The first-order chi connectivity index (χ1) is 20.7. The normalized spacial score (nSPS) is 12.2. The standard InChI is InChI=1S/C39H66O3/c1-3-5-7-9-11-13-15-17-18-19-20-22-24-26-28-30-32-36-39(41)42-37-33-35-38(40)34-31-29-27-25-23-21-16-14-12-10-8-6-4-2/h5,7,11,13,17-18,20,22,26,28H,3-4,6,8-10,12,14-16,19,21,23-25,27,29-37H2,1-2H3/b7-5-,13-11-,18-17-,22-20-,28-26-. The lowest BCUT2D eigenvalue weighted by atomic mass is 10.0. The second-order valence-corrected chi connectivity index (χ2v) is 11.5. The highest BCUT2D eigenvalue weighted by atomic mass is 16.5. The van der Waals surface area contributed by atoms with Crippen LogP contribution < -0.4 is 0 Å². The highest BCUT2D eigenvalue weighted by Gasteiger charge is 2.05. The van der Waals surface area contributed by atoms with Crippen LogP contribution in [-0.2, 0) is 14.3 Å². The first-order valence-electron chi connectivity index (χ1n) is 17.6. The summed E-state index contributed by atoms with van der Waals surface area (Å²) >= 11 is 0. The van der Waals surface area contributed by atoms with Gasteiger partial charge in [0.05, 0.1) is 6.61 Å². The molecule has 0 saturated heterocycles. The summed E-state index contributed by atoms with van der Waals surface area (Å²) in [5.41, 5.74) is 0. The first kappa shape index (κ1) is 39.8. The average molecular weight is 583 g/mol. The number of rotatable bonds is 31. The van der Waals surface area contributed by atoms with Gasteiger partial charge >= 0.3 is 5.97 Å². The number of allylic oxidation sites excluding steroid dienone is 10. The maximum absolute atomic E-state index is 12.1. The molecule has 0 heterocycles. The van der Waals surface area contributed by atoms with Crippen LogP contribution in [0.25, 0.3) is 0 Å². The molecule has 0 saturated carbocycles. The van der Waals surface area contributed by atoms with Crippen molar-refractivity contribution in [3.05, 3.63) is 60.8 Å². The third-order valence-corrected chi connectivity index (χ3v) is 7.33. The van der Waals surface area contributed by atoms with Gasteiger partial charge in [0.1, 0.15) is 5.78 Å². The molecule has 0 radical (unpaired) electrons. The Morgan fingerprint density at radius 1 is 0.452 bits per heavy atom. The number of unbranched alkanes of at least 4 members (excludes halogenated alkanes) is 13. The van der Waals surface area contributed by atoms with E-state index < -0.39 is 0 Å². The molecule has 0 rings (SSSR count). The molecule has 0 aromatic heterocycles. The molecule has 0 aromatic carbocycles. The molecule has 0 amide bonds. The van der Waals surface area contributed by atoms with Gasteiger partial charge in [0.25, 0.3) is 0 Å². The van der Waals surface area contributed by atoms with Crippen molar-refractivity contribution in [1.82, 2.24) is 0 Å². The Kier molecular flexibility index (Phi) is 33.2. The Balaban J connectivity index is 3.46. The Bertz CT molecular complexity index is 741. The highest BCUT2D eigenvalue weighted by Crippen LogP contribution is 2.13. The number of hydrogen-bond acceptors (Lipinski definition) is 3. The zero-order valence-electron chi connectivity index (χ0n) is 27.7. The van der Waals surface area contributed by atoms with E-state index in [0.29, 0.717) is 38.1 Å². The molecule has 0 unspecified atom stereocenters. The molecule has 42 heavy (non-hydrogen) atoms. The molecule has 0 aliphatic heterocycles. The Morgan fingerprint density at radius 2 is 0.881 bits per heavy atom. The van der Waals surface area contributed by atoms with Crippen LogP contribution in [0.4, 0.5) is 0 Å². The molecule has 0 aliphatic rings. The number of ketones is 1. The number of ether oxygens (including phenoxy) is 1. The minimum absolute atomic E-state index is 0.147. The Hall–Kier alpha value is -2.16. The molecule has 0 fully saturated rings. The molecular formula is C39H66O3. The summed E-state index contributed by atoms with van der Waals surface area (Å²) in [4.78, 5) is 24.0. The minimum atomic E-state index is -0.147. The van der Waals surface area contributed by atoms with E-state index in [9.17, 15) is 9.59 Å². The zero-order chi connectivity index (χ0) is 30.6. The lowest BCUT2D eigenvalue weighted by Gasteiger charge is -2.05. The second-order valence-electron chi connectivity index (χ2n) is 11.5. The van der Waals surface area contributed by atoms with E-state index in [1.54, 1.807) is 0 Å². The van der Waals surface area contributed by atoms with Gasteiger partial charge in [-0.15, -0.1) is 0 Å². The zero-order valence-corrected chi connectivity index (χ0v) is 27.7. The van der Waals surface area contributed by atoms with Crippen molar-refractivity contribution in [3.8, 4) is 0 Å². The van der Waals surface area contributed by atoms with Crippen molar-refractivity contribution in [2.24, 2.45) is 0 Å². The van der Waals surface area contributed by atoms with Gasteiger partial charge in [-0.3, -0.25) is 9.59 Å². The summed E-state index contributed by atoms with van der Waals surface area (Å²) in [6.07, 6.45) is 48.1. The fourth-order valence-electron chi connectivity index (χ4n) is 4.73. The summed E-state index contributed by atoms with van der Waals surface area (Å²) in [6, 6.07) is 0. The van der Waals surface area contributed by atoms with Crippen LogP contribution in [0.3, 0.4) is 0 Å². The van der Waals surface area contributed by atoms with Crippen LogP contribution in [0.1, 0.15) is 168 Å². The van der Waals surface area contributed by atoms with Crippen LogP contribution in [0.15, 0.2) is 60.8 Å². The van der Waals surface area contributed by atoms with Gasteiger partial charge in [0.15, 0.2) is 0 Å². The van der Waals surface area contributed by atoms with Crippen molar-refractivity contribution in [2.45, 2.75) is 168 Å². The van der Waals surface area contributed by atoms with Gasteiger partial charge in [-0.25, -0.2) is 0 Å². The SMILES string of the molecule is CC/C=C\C/C=C\C/C=C\C/C=C\C/C=C\CCCC(=O)OCCCC(=O)CCCCCCCCCCCCCCC. The van der Waals surface area contributed by atoms with Crippen LogP contribution >= 0.6 is 0 Å². The van der Waals surface area contributed by atoms with E-state index in [4.69, 9.17) is 4.74 Å². The number of carbonyl (C=O) groups excluding carboxylic acids is 2. The monoisotopic (exact) mass is 583 g/mol. The molecule has 0 spiro atoms. The van der Waals surface area contributed by atoms with Crippen LogP contribution in [-0.4, -0.2) is 18.4 Å². The van der Waals surface area contributed by atoms with E-state index in [2.05, 4.69) is 74.6 Å². The lowest BCUT2D eigenvalue weighted by molar-refractivity contribution is -0.144. The Labute approximate surface area is 261 Å². The largest absolute Gasteiger partial charge is 0.466 e. The number of carbonyl (C=O) groups is 2. The van der Waals surface area contributed by atoms with Crippen LogP contribution in [0.5, 0.6) is 0 Å². The molecule has 0 atom stereocenters. The lowest BCUT2D eigenvalue weighted by Crippen LogP contribution is -2.07. The van der Waals surface area contributed by atoms with E-state index in [1.807, 2.05) is 0 Å². The highest BCUT2D eigenvalue weighted by molar-refractivity contribution is 5.78. The van der Waals surface area contributed by atoms with Gasteiger partial charge in [0, 0.05) is 19.3 Å². The molecule has 240 valence electrons. The van der Waals surface area contributed by atoms with Gasteiger partial charge in [0.2, 0.25) is 0 Å². The topological polar surface area (TPSA) is 43.4 Å². The Morgan fingerprint density at radius 3 is 1.38 bits per heavy atom. The van der Waals surface area contributed by atoms with E-state index >= 15 is 0 Å². The minimum Gasteiger partial charge on any atom is -0.466 e. The van der Waals surface area contributed by atoms with Crippen molar-refractivity contribution in [1.29, 1.82) is 0 Å². The van der Waals surface area contributed by atoms with E-state index in [1.165, 1.54) is 70.6 Å². The molecular weight excluding hydrogens is 516 g/mol. The van der Waals surface area contributed by atoms with Crippen molar-refractivity contribution >= 4 is 11.8 Å². The smallest absolute Gasteiger partial charge is 0.305 e. The van der Waals surface area contributed by atoms with Gasteiger partial charge in [-0.05, 0) is 57.8 Å². The van der Waals surface area contributed by atoms with Gasteiger partial charge in [-0.1, -0.05) is 152 Å². The average Bonchev–Trinajstić information content (AvgIpc) is 2.99.